The third kappa shape index (κ3) is 4.26. The summed E-state index contributed by atoms with van der Waals surface area (Å²) in [5.41, 5.74) is 2.43. The maximum absolute atomic E-state index is 13.1. The number of aryl methyl sites for hydroxylation is 1. The van der Waals surface area contributed by atoms with Crippen LogP contribution in [0.3, 0.4) is 0 Å². The van der Waals surface area contributed by atoms with E-state index in [1.807, 2.05) is 46.9 Å². The molecule has 2 amide bonds. The third-order valence-corrected chi connectivity index (χ3v) is 7.16. The number of aromatic nitrogens is 1. The van der Waals surface area contributed by atoms with Crippen molar-refractivity contribution in [1.82, 2.24) is 9.47 Å². The highest BCUT2D eigenvalue weighted by Crippen LogP contribution is 2.31. The van der Waals surface area contributed by atoms with Crippen LogP contribution >= 0.6 is 15.9 Å². The molecular weight excluding hydrogens is 462 g/mol. The number of methoxy groups -OCH3 is 1. The summed E-state index contributed by atoms with van der Waals surface area (Å²) in [5, 5.41) is 0. The van der Waals surface area contributed by atoms with E-state index in [1.54, 1.807) is 11.0 Å². The van der Waals surface area contributed by atoms with Gasteiger partial charge in [-0.15, -0.1) is 0 Å². The van der Waals surface area contributed by atoms with Crippen molar-refractivity contribution in [2.75, 3.05) is 31.6 Å². The molecule has 0 spiro atoms. The molecule has 2 aromatic rings. The van der Waals surface area contributed by atoms with Gasteiger partial charge in [-0.1, -0.05) is 15.9 Å². The number of hydrogen-bond donors (Lipinski definition) is 0. The molecule has 1 unspecified atom stereocenters. The van der Waals surface area contributed by atoms with Crippen LogP contribution in [0.5, 0.6) is 0 Å². The Labute approximate surface area is 190 Å². The average Bonchev–Trinajstić information content (AvgIpc) is 3.42. The van der Waals surface area contributed by atoms with Crippen LogP contribution in [0.25, 0.3) is 0 Å². The van der Waals surface area contributed by atoms with Crippen LogP contribution in [-0.4, -0.2) is 54.0 Å². The number of piperidine rings is 1. The second-order valence-corrected chi connectivity index (χ2v) is 9.04. The summed E-state index contributed by atoms with van der Waals surface area (Å²) in [6, 6.07) is 9.56. The first-order valence-corrected chi connectivity index (χ1v) is 11.3. The van der Waals surface area contributed by atoms with Crippen molar-refractivity contribution in [2.45, 2.75) is 32.2 Å². The van der Waals surface area contributed by atoms with Gasteiger partial charge in [0.2, 0.25) is 11.8 Å². The van der Waals surface area contributed by atoms with Crippen molar-refractivity contribution in [1.29, 1.82) is 0 Å². The Bertz CT molecular complexity index is 1010. The van der Waals surface area contributed by atoms with Crippen LogP contribution in [-0.2, 0) is 14.3 Å². The van der Waals surface area contributed by atoms with Crippen LogP contribution in [0.1, 0.15) is 41.4 Å². The number of amides is 2. The lowest BCUT2D eigenvalue weighted by Gasteiger charge is -2.34. The maximum Gasteiger partial charge on any atom is 0.354 e. The van der Waals surface area contributed by atoms with Gasteiger partial charge >= 0.3 is 5.97 Å². The predicted octanol–water partition coefficient (Wildman–Crippen LogP) is 3.56. The topological polar surface area (TPSA) is 71.8 Å². The lowest BCUT2D eigenvalue weighted by molar-refractivity contribution is -0.137. The molecule has 0 aliphatic carbocycles. The van der Waals surface area contributed by atoms with Gasteiger partial charge in [-0.3, -0.25) is 9.59 Å². The first-order chi connectivity index (χ1) is 14.9. The van der Waals surface area contributed by atoms with Crippen LogP contribution in [0.2, 0.25) is 0 Å². The summed E-state index contributed by atoms with van der Waals surface area (Å²) >= 11 is 3.48. The Hall–Kier alpha value is -2.61. The van der Waals surface area contributed by atoms with Crippen molar-refractivity contribution in [3.63, 3.8) is 0 Å². The zero-order valence-electron chi connectivity index (χ0n) is 17.7. The number of rotatable bonds is 4. The van der Waals surface area contributed by atoms with E-state index >= 15 is 0 Å². The lowest BCUT2D eigenvalue weighted by Crippen LogP contribution is -2.43. The molecule has 2 saturated heterocycles. The Morgan fingerprint density at radius 2 is 1.90 bits per heavy atom. The lowest BCUT2D eigenvalue weighted by atomic mass is 10.0. The summed E-state index contributed by atoms with van der Waals surface area (Å²) in [6.45, 7) is 3.63. The van der Waals surface area contributed by atoms with E-state index in [2.05, 4.69) is 15.9 Å². The first kappa shape index (κ1) is 21.6. The molecule has 0 bridgehead atoms. The largest absolute Gasteiger partial charge is 0.464 e. The first-order valence-electron chi connectivity index (χ1n) is 10.5. The number of anilines is 1. The number of ether oxygens (including phenoxy) is 1. The number of halogens is 1. The summed E-state index contributed by atoms with van der Waals surface area (Å²) < 4.78 is 7.81. The molecular formula is C23H26BrN3O4. The van der Waals surface area contributed by atoms with Crippen molar-refractivity contribution >= 4 is 39.4 Å². The molecule has 1 aromatic carbocycles. The number of hydrogen-bond acceptors (Lipinski definition) is 4. The van der Waals surface area contributed by atoms with Gasteiger partial charge in [0.25, 0.3) is 0 Å². The molecule has 3 heterocycles. The van der Waals surface area contributed by atoms with Crippen LogP contribution in [0.15, 0.2) is 41.0 Å². The van der Waals surface area contributed by atoms with Crippen LogP contribution in [0, 0.1) is 12.8 Å². The molecule has 0 saturated carbocycles. The highest BCUT2D eigenvalue weighted by molar-refractivity contribution is 9.10. The smallest absolute Gasteiger partial charge is 0.354 e. The van der Waals surface area contributed by atoms with E-state index in [0.717, 1.165) is 28.6 Å². The van der Waals surface area contributed by atoms with Crippen molar-refractivity contribution in [2.24, 2.45) is 5.92 Å². The van der Waals surface area contributed by atoms with Crippen molar-refractivity contribution < 1.29 is 19.1 Å². The van der Waals surface area contributed by atoms with Gasteiger partial charge in [-0.2, -0.15) is 0 Å². The normalized spacial score (nSPS) is 19.7. The maximum atomic E-state index is 13.1. The highest BCUT2D eigenvalue weighted by Gasteiger charge is 2.38. The summed E-state index contributed by atoms with van der Waals surface area (Å²) in [7, 11) is 1.38. The molecule has 2 aliphatic rings. The molecule has 7 nitrogen and oxygen atoms in total. The van der Waals surface area contributed by atoms with Gasteiger partial charge in [-0.05, 0) is 55.7 Å². The number of benzene rings is 1. The fourth-order valence-corrected chi connectivity index (χ4v) is 4.78. The zero-order valence-corrected chi connectivity index (χ0v) is 19.3. The Morgan fingerprint density at radius 1 is 1.16 bits per heavy atom. The molecule has 2 aliphatic heterocycles. The van der Waals surface area contributed by atoms with E-state index in [1.165, 1.54) is 7.11 Å². The molecule has 2 fully saturated rings. The van der Waals surface area contributed by atoms with E-state index in [0.29, 0.717) is 25.3 Å². The second-order valence-electron chi connectivity index (χ2n) is 8.19. The van der Waals surface area contributed by atoms with E-state index < -0.39 is 0 Å². The average molecular weight is 488 g/mol. The minimum absolute atomic E-state index is 0.00924. The van der Waals surface area contributed by atoms with Crippen molar-refractivity contribution in [3.05, 3.63) is 52.3 Å². The van der Waals surface area contributed by atoms with E-state index in [4.69, 9.17) is 4.74 Å². The number of likely N-dealkylation sites (tertiary alicyclic amines) is 1. The summed E-state index contributed by atoms with van der Waals surface area (Å²) in [5.74, 6) is -0.629. The van der Waals surface area contributed by atoms with Gasteiger partial charge in [0.15, 0.2) is 0 Å². The van der Waals surface area contributed by atoms with Crippen LogP contribution < -0.4 is 4.90 Å². The quantitative estimate of drug-likeness (QED) is 0.618. The van der Waals surface area contributed by atoms with E-state index in [-0.39, 0.29) is 36.2 Å². The highest BCUT2D eigenvalue weighted by atomic mass is 79.9. The van der Waals surface area contributed by atoms with Gasteiger partial charge in [0.1, 0.15) is 5.69 Å². The van der Waals surface area contributed by atoms with Crippen molar-refractivity contribution in [3.8, 4) is 0 Å². The van der Waals surface area contributed by atoms with Gasteiger partial charge in [0, 0.05) is 48.5 Å². The molecule has 164 valence electrons. The van der Waals surface area contributed by atoms with Gasteiger partial charge in [-0.25, -0.2) is 4.79 Å². The Kier molecular flexibility index (Phi) is 6.18. The summed E-state index contributed by atoms with van der Waals surface area (Å²) in [6.07, 6.45) is 3.67. The minimum atomic E-state index is -0.351. The fourth-order valence-electron chi connectivity index (χ4n) is 4.53. The molecule has 0 radical (unpaired) electrons. The second kappa shape index (κ2) is 8.86. The SMILES string of the molecule is COC(=O)c1cccn1C1CCN(C(=O)C2CC(=O)N(c3ccc(Br)c(C)c3)C2)CC1. The van der Waals surface area contributed by atoms with Gasteiger partial charge < -0.3 is 19.1 Å². The predicted molar refractivity (Wildman–Crippen MR) is 120 cm³/mol. The monoisotopic (exact) mass is 487 g/mol. The Balaban J connectivity index is 1.38. The third-order valence-electron chi connectivity index (χ3n) is 6.27. The molecule has 1 atom stereocenters. The van der Waals surface area contributed by atoms with Gasteiger partial charge in [0.05, 0.1) is 13.0 Å². The fraction of sp³-hybridized carbons (Fsp3) is 0.435. The zero-order chi connectivity index (χ0) is 22.1. The molecule has 8 heteroatoms. The number of carbonyl (C=O) groups excluding carboxylic acids is 3. The van der Waals surface area contributed by atoms with Crippen LogP contribution in [0.4, 0.5) is 5.69 Å². The number of nitrogens with zero attached hydrogens (tertiary/aromatic N) is 3. The number of esters is 1. The van der Waals surface area contributed by atoms with E-state index in [9.17, 15) is 14.4 Å². The molecule has 31 heavy (non-hydrogen) atoms. The Morgan fingerprint density at radius 3 is 2.58 bits per heavy atom. The molecule has 1 aromatic heterocycles. The number of carbonyl (C=O) groups is 3. The molecule has 0 N–H and O–H groups in total. The standard InChI is InChI=1S/C23H26BrN3O4/c1-15-12-18(5-6-19(15)24)27-14-16(13-21(27)28)22(29)25-10-7-17(8-11-25)26-9-3-4-20(26)23(30)31-2/h3-6,9,12,16-17H,7-8,10-11,13-14H2,1-2H3. The molecule has 4 rings (SSSR count). The minimum Gasteiger partial charge on any atom is -0.464 e. The summed E-state index contributed by atoms with van der Waals surface area (Å²) in [4.78, 5) is 41.3.